The van der Waals surface area contributed by atoms with Crippen molar-refractivity contribution in [2.45, 2.75) is 30.8 Å². The highest BCUT2D eigenvalue weighted by Gasteiger charge is 2.20. The van der Waals surface area contributed by atoms with E-state index in [-0.39, 0.29) is 5.91 Å². The summed E-state index contributed by atoms with van der Waals surface area (Å²) in [6.45, 7) is 4.48. The smallest absolute Gasteiger partial charge is 0.248 e. The van der Waals surface area contributed by atoms with Crippen LogP contribution in [0, 0.1) is 0 Å². The number of hydrogen-bond donors (Lipinski definition) is 2. The fourth-order valence-electron chi connectivity index (χ4n) is 2.55. The zero-order valence-electron chi connectivity index (χ0n) is 15.5. The van der Waals surface area contributed by atoms with Crippen LogP contribution in [0.1, 0.15) is 24.2 Å². The summed E-state index contributed by atoms with van der Waals surface area (Å²) in [5.41, 5.74) is 7.12. The predicted molar refractivity (Wildman–Crippen MR) is 108 cm³/mol. The van der Waals surface area contributed by atoms with Crippen LogP contribution >= 0.6 is 11.8 Å². The van der Waals surface area contributed by atoms with Crippen LogP contribution in [0.3, 0.4) is 0 Å². The van der Waals surface area contributed by atoms with Crippen LogP contribution in [0.2, 0.25) is 0 Å². The molecule has 2 heterocycles. The summed E-state index contributed by atoms with van der Waals surface area (Å²) >= 11 is 1.33. The number of hydrogen-bond acceptors (Lipinski definition) is 6. The Morgan fingerprint density at radius 2 is 1.82 bits per heavy atom. The standard InChI is InChI=1S/C19H20N6O2S/c1-3-25-17(14-8-10-21-11-9-14)23-24-19(25)28-12(2)18(27)22-15-6-4-13(5-7-15)16(20)26/h4-12H,3H2,1-2H3,(H2,20,26)(H,22,27)/t12-/m0/s1. The highest BCUT2D eigenvalue weighted by atomic mass is 32.2. The van der Waals surface area contributed by atoms with Gasteiger partial charge in [-0.25, -0.2) is 0 Å². The summed E-state index contributed by atoms with van der Waals surface area (Å²) in [6.07, 6.45) is 3.41. The van der Waals surface area contributed by atoms with Crippen molar-refractivity contribution in [2.24, 2.45) is 5.73 Å². The minimum absolute atomic E-state index is 0.173. The van der Waals surface area contributed by atoms with Crippen molar-refractivity contribution in [1.29, 1.82) is 0 Å². The molecule has 3 aromatic rings. The lowest BCUT2D eigenvalue weighted by Crippen LogP contribution is -2.23. The maximum Gasteiger partial charge on any atom is 0.248 e. The Hall–Kier alpha value is -3.20. The second kappa shape index (κ2) is 8.66. The molecule has 3 N–H and O–H groups in total. The lowest BCUT2D eigenvalue weighted by Gasteiger charge is -2.13. The van der Waals surface area contributed by atoms with Gasteiger partial charge in [0.1, 0.15) is 0 Å². The number of benzene rings is 1. The molecule has 1 aromatic carbocycles. The first-order valence-corrected chi connectivity index (χ1v) is 9.58. The average Bonchev–Trinajstić information content (AvgIpc) is 3.11. The summed E-state index contributed by atoms with van der Waals surface area (Å²) in [5, 5.41) is 11.6. The molecule has 0 spiro atoms. The minimum atomic E-state index is -0.509. The summed E-state index contributed by atoms with van der Waals surface area (Å²) in [5.74, 6) is 0.0562. The van der Waals surface area contributed by atoms with Gasteiger partial charge in [-0.1, -0.05) is 11.8 Å². The van der Waals surface area contributed by atoms with Crippen molar-refractivity contribution in [3.8, 4) is 11.4 Å². The Morgan fingerprint density at radius 3 is 2.43 bits per heavy atom. The molecule has 0 fully saturated rings. The van der Waals surface area contributed by atoms with Gasteiger partial charge in [-0.15, -0.1) is 10.2 Å². The van der Waals surface area contributed by atoms with Gasteiger partial charge in [-0.2, -0.15) is 0 Å². The van der Waals surface area contributed by atoms with Crippen molar-refractivity contribution in [3.05, 3.63) is 54.4 Å². The summed E-state index contributed by atoms with van der Waals surface area (Å²) < 4.78 is 1.96. The van der Waals surface area contributed by atoms with Gasteiger partial charge in [0, 0.05) is 35.8 Å². The number of nitrogens with one attached hydrogen (secondary N) is 1. The summed E-state index contributed by atoms with van der Waals surface area (Å²) in [7, 11) is 0. The van der Waals surface area contributed by atoms with Gasteiger partial charge >= 0.3 is 0 Å². The number of anilines is 1. The zero-order chi connectivity index (χ0) is 20.1. The van der Waals surface area contributed by atoms with Gasteiger partial charge in [0.15, 0.2) is 11.0 Å². The molecule has 9 heteroatoms. The second-order valence-corrected chi connectivity index (χ2v) is 7.29. The van der Waals surface area contributed by atoms with Crippen LogP contribution in [0.4, 0.5) is 5.69 Å². The number of rotatable bonds is 7. The zero-order valence-corrected chi connectivity index (χ0v) is 16.3. The van der Waals surface area contributed by atoms with E-state index in [0.29, 0.717) is 23.0 Å². The molecule has 28 heavy (non-hydrogen) atoms. The average molecular weight is 396 g/mol. The number of primary amides is 1. The molecule has 144 valence electrons. The Morgan fingerprint density at radius 1 is 1.14 bits per heavy atom. The number of amides is 2. The number of thioether (sulfide) groups is 1. The van der Waals surface area contributed by atoms with E-state index in [1.54, 1.807) is 43.6 Å². The Balaban J connectivity index is 1.70. The monoisotopic (exact) mass is 396 g/mol. The second-order valence-electron chi connectivity index (χ2n) is 5.98. The minimum Gasteiger partial charge on any atom is -0.366 e. The van der Waals surface area contributed by atoms with Crippen LogP contribution in [-0.2, 0) is 11.3 Å². The first-order valence-electron chi connectivity index (χ1n) is 8.70. The highest BCUT2D eigenvalue weighted by molar-refractivity contribution is 8.00. The number of carbonyl (C=O) groups excluding carboxylic acids is 2. The third-order valence-electron chi connectivity index (χ3n) is 4.06. The number of carbonyl (C=O) groups is 2. The van der Waals surface area contributed by atoms with E-state index in [1.165, 1.54) is 11.8 Å². The van der Waals surface area contributed by atoms with Crippen LogP contribution in [0.5, 0.6) is 0 Å². The molecule has 8 nitrogen and oxygen atoms in total. The van der Waals surface area contributed by atoms with Crippen LogP contribution in [0.15, 0.2) is 53.9 Å². The van der Waals surface area contributed by atoms with Gasteiger partial charge in [-0.3, -0.25) is 14.6 Å². The molecule has 2 aromatic heterocycles. The molecule has 0 unspecified atom stereocenters. The first kappa shape index (κ1) is 19.6. The lowest BCUT2D eigenvalue weighted by molar-refractivity contribution is -0.115. The van der Waals surface area contributed by atoms with Crippen molar-refractivity contribution >= 4 is 29.3 Å². The SMILES string of the molecule is CCn1c(S[C@@H](C)C(=O)Nc2ccc(C(N)=O)cc2)nnc1-c1ccncc1. The van der Waals surface area contributed by atoms with Crippen molar-refractivity contribution < 1.29 is 9.59 Å². The first-order chi connectivity index (χ1) is 13.5. The van der Waals surface area contributed by atoms with E-state index >= 15 is 0 Å². The van der Waals surface area contributed by atoms with Crippen molar-refractivity contribution in [2.75, 3.05) is 5.32 Å². The number of aromatic nitrogens is 4. The molecule has 0 radical (unpaired) electrons. The maximum absolute atomic E-state index is 12.5. The number of pyridine rings is 1. The number of nitrogens with two attached hydrogens (primary N) is 1. The third-order valence-corrected chi connectivity index (χ3v) is 5.14. The van der Waals surface area contributed by atoms with E-state index in [0.717, 1.165) is 11.4 Å². The van der Waals surface area contributed by atoms with E-state index in [4.69, 9.17) is 5.73 Å². The summed E-state index contributed by atoms with van der Waals surface area (Å²) in [6, 6.07) is 10.2. The van der Waals surface area contributed by atoms with Crippen LogP contribution < -0.4 is 11.1 Å². The molecule has 0 aliphatic rings. The quantitative estimate of drug-likeness (QED) is 0.593. The maximum atomic E-state index is 12.5. The Labute approximate surface area is 166 Å². The fourth-order valence-corrected chi connectivity index (χ4v) is 3.46. The normalized spacial score (nSPS) is 11.8. The molecule has 0 aliphatic heterocycles. The van der Waals surface area contributed by atoms with Gasteiger partial charge in [0.2, 0.25) is 11.8 Å². The summed E-state index contributed by atoms with van der Waals surface area (Å²) in [4.78, 5) is 27.7. The third kappa shape index (κ3) is 4.37. The van der Waals surface area contributed by atoms with Gasteiger partial charge in [0.05, 0.1) is 5.25 Å². The van der Waals surface area contributed by atoms with Crippen LogP contribution in [0.25, 0.3) is 11.4 Å². The molecular formula is C19H20N6O2S. The molecule has 1 atom stereocenters. The van der Waals surface area contributed by atoms with Crippen LogP contribution in [-0.4, -0.2) is 36.8 Å². The Bertz CT molecular complexity index is 972. The topological polar surface area (TPSA) is 116 Å². The van der Waals surface area contributed by atoms with E-state index in [9.17, 15) is 9.59 Å². The fraction of sp³-hybridized carbons (Fsp3) is 0.211. The lowest BCUT2D eigenvalue weighted by atomic mass is 10.2. The molecule has 0 bridgehead atoms. The Kier molecular flexibility index (Phi) is 6.05. The predicted octanol–water partition coefficient (Wildman–Crippen LogP) is 2.58. The molecule has 3 rings (SSSR count). The number of nitrogens with zero attached hydrogens (tertiary/aromatic N) is 4. The molecule has 0 aliphatic carbocycles. The highest BCUT2D eigenvalue weighted by Crippen LogP contribution is 2.27. The van der Waals surface area contributed by atoms with E-state index in [2.05, 4.69) is 20.5 Å². The van der Waals surface area contributed by atoms with Gasteiger partial charge < -0.3 is 15.6 Å². The van der Waals surface area contributed by atoms with E-state index < -0.39 is 11.2 Å². The van der Waals surface area contributed by atoms with Gasteiger partial charge in [0.25, 0.3) is 0 Å². The van der Waals surface area contributed by atoms with E-state index in [1.807, 2.05) is 23.6 Å². The largest absolute Gasteiger partial charge is 0.366 e. The van der Waals surface area contributed by atoms with Crippen molar-refractivity contribution in [1.82, 2.24) is 19.7 Å². The van der Waals surface area contributed by atoms with Crippen molar-refractivity contribution in [3.63, 3.8) is 0 Å². The molecule has 0 saturated carbocycles. The molecule has 2 amide bonds. The van der Waals surface area contributed by atoms with Gasteiger partial charge in [-0.05, 0) is 50.2 Å². The molecular weight excluding hydrogens is 376 g/mol. The molecule has 0 saturated heterocycles.